The molecule has 0 saturated heterocycles. The van der Waals surface area contributed by atoms with Crippen LogP contribution in [-0.2, 0) is 5.54 Å². The van der Waals surface area contributed by atoms with Crippen LogP contribution in [0.2, 0.25) is 0 Å². The number of rotatable bonds is 5. The third kappa shape index (κ3) is 3.46. The van der Waals surface area contributed by atoms with Gasteiger partial charge in [-0.2, -0.15) is 4.68 Å². The summed E-state index contributed by atoms with van der Waals surface area (Å²) in [5.41, 5.74) is 3.01. The van der Waals surface area contributed by atoms with Gasteiger partial charge in [0.1, 0.15) is 5.75 Å². The Morgan fingerprint density at radius 3 is 2.46 bits per heavy atom. The van der Waals surface area contributed by atoms with Crippen LogP contribution in [0.1, 0.15) is 44.0 Å². The van der Waals surface area contributed by atoms with E-state index in [1.807, 2.05) is 28.9 Å². The maximum absolute atomic E-state index is 5.28. The Bertz CT molecular complexity index is 926. The molecule has 1 aliphatic carbocycles. The Morgan fingerprint density at radius 2 is 1.79 bits per heavy atom. The Labute approximate surface area is 165 Å². The van der Waals surface area contributed by atoms with Gasteiger partial charge in [-0.05, 0) is 84.8 Å². The highest BCUT2D eigenvalue weighted by Crippen LogP contribution is 2.42. The molecule has 0 spiro atoms. The van der Waals surface area contributed by atoms with Crippen molar-refractivity contribution in [1.29, 1.82) is 0 Å². The zero-order valence-corrected chi connectivity index (χ0v) is 16.7. The third-order valence-corrected chi connectivity index (χ3v) is 5.86. The van der Waals surface area contributed by atoms with E-state index in [2.05, 4.69) is 59.0 Å². The third-order valence-electron chi connectivity index (χ3n) is 5.86. The highest BCUT2D eigenvalue weighted by molar-refractivity contribution is 5.53. The fourth-order valence-corrected chi connectivity index (χ4v) is 4.01. The summed E-state index contributed by atoms with van der Waals surface area (Å²) in [7, 11) is 1.67. The first kappa shape index (κ1) is 18.5. The van der Waals surface area contributed by atoms with Crippen molar-refractivity contribution in [2.24, 2.45) is 5.92 Å². The highest BCUT2D eigenvalue weighted by Gasteiger charge is 2.41. The number of ether oxygens (including phenoxy) is 1. The van der Waals surface area contributed by atoms with Crippen molar-refractivity contribution >= 4 is 5.69 Å². The summed E-state index contributed by atoms with van der Waals surface area (Å²) in [6, 6.07) is 16.3. The van der Waals surface area contributed by atoms with E-state index in [-0.39, 0.29) is 5.54 Å². The zero-order valence-electron chi connectivity index (χ0n) is 16.7. The van der Waals surface area contributed by atoms with Gasteiger partial charge in [0.2, 0.25) is 0 Å². The summed E-state index contributed by atoms with van der Waals surface area (Å²) in [5.74, 6) is 2.41. The lowest BCUT2D eigenvalue weighted by Gasteiger charge is -2.40. The van der Waals surface area contributed by atoms with Gasteiger partial charge >= 0.3 is 0 Å². The van der Waals surface area contributed by atoms with Gasteiger partial charge in [-0.3, -0.25) is 0 Å². The molecule has 3 aromatic rings. The Morgan fingerprint density at radius 1 is 1.07 bits per heavy atom. The summed E-state index contributed by atoms with van der Waals surface area (Å²) in [6.45, 7) is 4.46. The Kier molecular flexibility index (Phi) is 5.03. The number of anilines is 1. The first-order valence-corrected chi connectivity index (χ1v) is 9.88. The smallest absolute Gasteiger partial charge is 0.181 e. The molecule has 0 radical (unpaired) electrons. The molecule has 0 amide bonds. The molecule has 6 heteroatoms. The molecule has 1 N–H and O–H groups in total. The number of para-hydroxylation sites is 1. The Hall–Kier alpha value is -2.89. The summed E-state index contributed by atoms with van der Waals surface area (Å²) < 4.78 is 7.15. The second-order valence-electron chi connectivity index (χ2n) is 7.82. The molecule has 4 rings (SSSR count). The number of nitrogens with one attached hydrogen (secondary N) is 1. The van der Waals surface area contributed by atoms with E-state index in [1.165, 1.54) is 5.56 Å². The molecule has 0 aliphatic heterocycles. The molecule has 1 heterocycles. The van der Waals surface area contributed by atoms with Crippen molar-refractivity contribution in [1.82, 2.24) is 20.2 Å². The maximum atomic E-state index is 5.28. The van der Waals surface area contributed by atoms with Crippen molar-refractivity contribution in [2.45, 2.75) is 45.1 Å². The second-order valence-corrected chi connectivity index (χ2v) is 7.82. The number of methoxy groups -OCH3 is 1. The van der Waals surface area contributed by atoms with Crippen LogP contribution in [0.5, 0.6) is 5.75 Å². The van der Waals surface area contributed by atoms with Gasteiger partial charge in [0.05, 0.1) is 18.3 Å². The first-order chi connectivity index (χ1) is 13.6. The van der Waals surface area contributed by atoms with Gasteiger partial charge in [-0.25, -0.2) is 0 Å². The molecule has 0 unspecified atom stereocenters. The van der Waals surface area contributed by atoms with Gasteiger partial charge in [0, 0.05) is 5.69 Å². The molecule has 28 heavy (non-hydrogen) atoms. The number of aryl methyl sites for hydroxylation is 1. The van der Waals surface area contributed by atoms with Crippen LogP contribution in [0, 0.1) is 12.8 Å². The van der Waals surface area contributed by atoms with Crippen LogP contribution in [0.15, 0.2) is 48.5 Å². The van der Waals surface area contributed by atoms with Crippen LogP contribution in [-0.4, -0.2) is 27.3 Å². The largest absolute Gasteiger partial charge is 0.497 e. The SMILES string of the molecule is COc1ccc(-n2nnnc2C2(Nc3ccccc3C)CCC(C)CC2)cc1. The van der Waals surface area contributed by atoms with Gasteiger partial charge < -0.3 is 10.1 Å². The van der Waals surface area contributed by atoms with Crippen molar-refractivity contribution in [3.05, 3.63) is 59.9 Å². The summed E-state index contributed by atoms with van der Waals surface area (Å²) in [4.78, 5) is 0. The Balaban J connectivity index is 1.75. The van der Waals surface area contributed by atoms with Crippen molar-refractivity contribution in [2.75, 3.05) is 12.4 Å². The summed E-state index contributed by atoms with van der Waals surface area (Å²) in [5, 5.41) is 16.7. The molecule has 0 atom stereocenters. The van der Waals surface area contributed by atoms with Crippen molar-refractivity contribution in [3.8, 4) is 11.4 Å². The molecule has 6 nitrogen and oxygen atoms in total. The number of nitrogens with zero attached hydrogens (tertiary/aromatic N) is 4. The summed E-state index contributed by atoms with van der Waals surface area (Å²) >= 11 is 0. The lowest BCUT2D eigenvalue weighted by molar-refractivity contribution is 0.255. The van der Waals surface area contributed by atoms with Gasteiger partial charge in [-0.1, -0.05) is 25.1 Å². The number of benzene rings is 2. The van der Waals surface area contributed by atoms with Crippen molar-refractivity contribution in [3.63, 3.8) is 0 Å². The fourth-order valence-electron chi connectivity index (χ4n) is 4.01. The van der Waals surface area contributed by atoms with Gasteiger partial charge in [-0.15, -0.1) is 5.10 Å². The molecule has 146 valence electrons. The fraction of sp³-hybridized carbons (Fsp3) is 0.409. The highest BCUT2D eigenvalue weighted by atomic mass is 16.5. The second kappa shape index (κ2) is 7.62. The minimum absolute atomic E-state index is 0.290. The van der Waals surface area contributed by atoms with E-state index < -0.39 is 0 Å². The van der Waals surface area contributed by atoms with E-state index in [1.54, 1.807) is 7.11 Å². The standard InChI is InChI=1S/C22H27N5O/c1-16-12-14-22(15-13-16,23-20-7-5-4-6-17(20)2)21-24-25-26-27(21)18-8-10-19(28-3)11-9-18/h4-11,16,23H,12-15H2,1-3H3. The van der Waals surface area contributed by atoms with E-state index in [0.29, 0.717) is 0 Å². The van der Waals surface area contributed by atoms with E-state index >= 15 is 0 Å². The van der Waals surface area contributed by atoms with E-state index in [4.69, 9.17) is 4.74 Å². The van der Waals surface area contributed by atoms with Crippen LogP contribution in [0.4, 0.5) is 5.69 Å². The van der Waals surface area contributed by atoms with Crippen LogP contribution in [0.3, 0.4) is 0 Å². The minimum Gasteiger partial charge on any atom is -0.497 e. The molecule has 0 bridgehead atoms. The summed E-state index contributed by atoms with van der Waals surface area (Å²) in [6.07, 6.45) is 4.29. The molecular weight excluding hydrogens is 350 g/mol. The minimum atomic E-state index is -0.290. The monoisotopic (exact) mass is 377 g/mol. The molecule has 2 aromatic carbocycles. The van der Waals surface area contributed by atoms with E-state index in [0.717, 1.165) is 54.5 Å². The lowest BCUT2D eigenvalue weighted by atomic mass is 9.76. The molecular formula is C22H27N5O. The van der Waals surface area contributed by atoms with Gasteiger partial charge in [0.15, 0.2) is 5.82 Å². The quantitative estimate of drug-likeness (QED) is 0.709. The van der Waals surface area contributed by atoms with Crippen LogP contribution >= 0.6 is 0 Å². The number of hydrogen-bond acceptors (Lipinski definition) is 5. The topological polar surface area (TPSA) is 64.9 Å². The maximum Gasteiger partial charge on any atom is 0.181 e. The molecule has 1 aromatic heterocycles. The number of hydrogen-bond donors (Lipinski definition) is 1. The van der Waals surface area contributed by atoms with Crippen LogP contribution < -0.4 is 10.1 Å². The van der Waals surface area contributed by atoms with E-state index in [9.17, 15) is 0 Å². The zero-order chi connectivity index (χ0) is 19.6. The average molecular weight is 377 g/mol. The number of aromatic nitrogens is 4. The molecule has 1 fully saturated rings. The number of tetrazole rings is 1. The van der Waals surface area contributed by atoms with Crippen LogP contribution in [0.25, 0.3) is 5.69 Å². The molecule has 1 aliphatic rings. The molecule has 1 saturated carbocycles. The average Bonchev–Trinajstić information content (AvgIpc) is 3.22. The first-order valence-electron chi connectivity index (χ1n) is 9.88. The predicted octanol–water partition coefficient (Wildman–Crippen LogP) is 4.50. The predicted molar refractivity (Wildman–Crippen MR) is 110 cm³/mol. The normalized spacial score (nSPS) is 22.0. The lowest BCUT2D eigenvalue weighted by Crippen LogP contribution is -2.41. The van der Waals surface area contributed by atoms with Crippen molar-refractivity contribution < 1.29 is 4.74 Å². The van der Waals surface area contributed by atoms with Gasteiger partial charge in [0.25, 0.3) is 0 Å².